The maximum absolute atomic E-state index is 13.1. The number of carbonyl (C=O) groups is 2. The van der Waals surface area contributed by atoms with E-state index in [9.17, 15) is 14.4 Å². The lowest BCUT2D eigenvalue weighted by molar-refractivity contribution is -0.123. The van der Waals surface area contributed by atoms with Crippen LogP contribution >= 0.6 is 0 Å². The van der Waals surface area contributed by atoms with Crippen LogP contribution in [-0.4, -0.2) is 34.9 Å². The fourth-order valence-electron chi connectivity index (χ4n) is 4.41. The number of ether oxygens (including phenoxy) is 1. The highest BCUT2D eigenvalue weighted by atomic mass is 16.5. The predicted molar refractivity (Wildman–Crippen MR) is 133 cm³/mol. The van der Waals surface area contributed by atoms with Crippen LogP contribution in [0.5, 0.6) is 11.5 Å². The predicted octanol–water partition coefficient (Wildman–Crippen LogP) is 3.86. The molecular weight excluding hydrogens is 446 g/mol. The van der Waals surface area contributed by atoms with Gasteiger partial charge in [-0.1, -0.05) is 25.1 Å². The second-order valence-electron chi connectivity index (χ2n) is 9.06. The molecule has 0 aliphatic carbocycles. The van der Waals surface area contributed by atoms with Gasteiger partial charge in [0.05, 0.1) is 11.5 Å². The van der Waals surface area contributed by atoms with Crippen molar-refractivity contribution in [3.63, 3.8) is 0 Å². The minimum atomic E-state index is -0.939. The molecule has 1 fully saturated rings. The molecule has 9 nitrogen and oxygen atoms in total. The number of amides is 2. The Kier molecular flexibility index (Phi) is 6.22. The Labute approximate surface area is 202 Å². The summed E-state index contributed by atoms with van der Waals surface area (Å²) in [6.45, 7) is 3.77. The number of para-hydroxylation sites is 1. The summed E-state index contributed by atoms with van der Waals surface area (Å²) in [6, 6.07) is 16.3. The summed E-state index contributed by atoms with van der Waals surface area (Å²) in [6.07, 6.45) is 1.89. The second kappa shape index (κ2) is 9.61. The number of H-pyrrole nitrogens is 1. The lowest BCUT2D eigenvalue weighted by atomic mass is 9.92. The molecule has 1 unspecified atom stereocenters. The average Bonchev–Trinajstić information content (AvgIpc) is 2.85. The minimum absolute atomic E-state index is 0.126. The zero-order chi connectivity index (χ0) is 24.4. The minimum Gasteiger partial charge on any atom is -0.457 e. The van der Waals surface area contributed by atoms with Gasteiger partial charge in [0.25, 0.3) is 5.56 Å². The molecule has 0 bridgehead atoms. The molecule has 2 aromatic carbocycles. The number of nitrogens with zero attached hydrogens (tertiary/aromatic N) is 2. The van der Waals surface area contributed by atoms with Gasteiger partial charge in [0, 0.05) is 25.2 Å². The standard InChI is InChI=1S/C26H27N5O4/c1-16-11-13-31(14-12-16)26-29-23-22(25(34)30-26)20(15-21(32)28-23)24(33)27-17-7-9-19(10-8-17)35-18-5-3-2-4-6-18/h2-10,16,20H,11-15H2,1H3,(H,27,33)(H2,28,29,30,32,34). The normalized spacial score (nSPS) is 17.9. The molecule has 180 valence electrons. The Bertz CT molecular complexity index is 1280. The van der Waals surface area contributed by atoms with E-state index in [-0.39, 0.29) is 23.7 Å². The molecule has 0 radical (unpaired) electrons. The number of benzene rings is 2. The van der Waals surface area contributed by atoms with Crippen molar-refractivity contribution in [2.24, 2.45) is 5.92 Å². The van der Waals surface area contributed by atoms with Gasteiger partial charge in [-0.3, -0.25) is 19.4 Å². The molecular formula is C26H27N5O4. The molecule has 35 heavy (non-hydrogen) atoms. The van der Waals surface area contributed by atoms with Gasteiger partial charge < -0.3 is 20.3 Å². The highest BCUT2D eigenvalue weighted by Gasteiger charge is 2.35. The van der Waals surface area contributed by atoms with E-state index in [2.05, 4.69) is 27.5 Å². The van der Waals surface area contributed by atoms with Crippen LogP contribution in [0.3, 0.4) is 0 Å². The van der Waals surface area contributed by atoms with E-state index in [0.29, 0.717) is 29.1 Å². The fourth-order valence-corrected chi connectivity index (χ4v) is 4.41. The van der Waals surface area contributed by atoms with E-state index in [1.807, 2.05) is 35.2 Å². The van der Waals surface area contributed by atoms with Crippen molar-refractivity contribution in [1.29, 1.82) is 0 Å². The van der Waals surface area contributed by atoms with E-state index in [4.69, 9.17) is 4.74 Å². The molecule has 1 aromatic heterocycles. The fraction of sp³-hybridized carbons (Fsp3) is 0.308. The van der Waals surface area contributed by atoms with Crippen molar-refractivity contribution in [2.75, 3.05) is 28.6 Å². The van der Waals surface area contributed by atoms with E-state index in [0.717, 1.165) is 25.9 Å². The lowest BCUT2D eigenvalue weighted by Gasteiger charge is -2.31. The van der Waals surface area contributed by atoms with E-state index < -0.39 is 17.4 Å². The number of fused-ring (bicyclic) bond motifs is 1. The Hall–Kier alpha value is -4.14. The smallest absolute Gasteiger partial charge is 0.258 e. The Balaban J connectivity index is 1.33. The van der Waals surface area contributed by atoms with Crippen molar-refractivity contribution >= 4 is 29.3 Å². The average molecular weight is 474 g/mol. The molecule has 1 saturated heterocycles. The Morgan fingerprint density at radius 3 is 2.43 bits per heavy atom. The summed E-state index contributed by atoms with van der Waals surface area (Å²) in [5, 5.41) is 5.48. The monoisotopic (exact) mass is 473 g/mol. The van der Waals surface area contributed by atoms with Crippen LogP contribution in [0.2, 0.25) is 0 Å². The first-order chi connectivity index (χ1) is 17.0. The van der Waals surface area contributed by atoms with Gasteiger partial charge in [0.15, 0.2) is 0 Å². The molecule has 2 amide bonds. The third-order valence-electron chi connectivity index (χ3n) is 6.44. The zero-order valence-electron chi connectivity index (χ0n) is 19.4. The number of anilines is 3. The molecule has 3 aromatic rings. The molecule has 2 aliphatic rings. The molecule has 9 heteroatoms. The maximum Gasteiger partial charge on any atom is 0.258 e. The van der Waals surface area contributed by atoms with Crippen molar-refractivity contribution in [3.8, 4) is 11.5 Å². The van der Waals surface area contributed by atoms with Crippen LogP contribution in [0.4, 0.5) is 17.5 Å². The van der Waals surface area contributed by atoms with Gasteiger partial charge in [0.1, 0.15) is 17.3 Å². The Morgan fingerprint density at radius 1 is 1.03 bits per heavy atom. The number of carbonyl (C=O) groups excluding carboxylic acids is 2. The molecule has 0 saturated carbocycles. The molecule has 1 atom stereocenters. The maximum atomic E-state index is 13.1. The number of aromatic amines is 1. The van der Waals surface area contributed by atoms with Crippen LogP contribution in [-0.2, 0) is 9.59 Å². The molecule has 0 spiro atoms. The number of hydrogen-bond donors (Lipinski definition) is 3. The highest BCUT2D eigenvalue weighted by molar-refractivity contribution is 6.04. The topological polar surface area (TPSA) is 116 Å². The second-order valence-corrected chi connectivity index (χ2v) is 9.06. The molecule has 2 aliphatic heterocycles. The van der Waals surface area contributed by atoms with Gasteiger partial charge in [0.2, 0.25) is 17.8 Å². The van der Waals surface area contributed by atoms with Crippen molar-refractivity contribution in [1.82, 2.24) is 9.97 Å². The number of nitrogens with one attached hydrogen (secondary N) is 3. The summed E-state index contributed by atoms with van der Waals surface area (Å²) in [5.41, 5.74) is 0.307. The van der Waals surface area contributed by atoms with Gasteiger partial charge in [-0.15, -0.1) is 0 Å². The molecule has 3 N–H and O–H groups in total. The van der Waals surface area contributed by atoms with E-state index in [1.165, 1.54) is 0 Å². The van der Waals surface area contributed by atoms with Crippen LogP contribution in [0.25, 0.3) is 0 Å². The van der Waals surface area contributed by atoms with Gasteiger partial charge >= 0.3 is 0 Å². The van der Waals surface area contributed by atoms with Gasteiger partial charge in [-0.05, 0) is 55.2 Å². The summed E-state index contributed by atoms with van der Waals surface area (Å²) < 4.78 is 5.77. The SMILES string of the molecule is CC1CCN(c2nc3c(c(=O)[nH]2)C(C(=O)Nc2ccc(Oc4ccccc4)cc2)CC(=O)N3)CC1. The first-order valence-corrected chi connectivity index (χ1v) is 11.8. The summed E-state index contributed by atoms with van der Waals surface area (Å²) in [7, 11) is 0. The number of piperidine rings is 1. The third-order valence-corrected chi connectivity index (χ3v) is 6.44. The molecule has 3 heterocycles. The van der Waals surface area contributed by atoms with Crippen molar-refractivity contribution < 1.29 is 14.3 Å². The first kappa shape index (κ1) is 22.6. The summed E-state index contributed by atoms with van der Waals surface area (Å²) in [5.74, 6) is 0.816. The Morgan fingerprint density at radius 2 is 1.71 bits per heavy atom. The van der Waals surface area contributed by atoms with E-state index >= 15 is 0 Å². The lowest BCUT2D eigenvalue weighted by Crippen LogP contribution is -2.39. The van der Waals surface area contributed by atoms with Crippen LogP contribution in [0.1, 0.15) is 37.7 Å². The number of aromatic nitrogens is 2. The third kappa shape index (κ3) is 5.03. The van der Waals surface area contributed by atoms with Gasteiger partial charge in [-0.2, -0.15) is 4.98 Å². The first-order valence-electron chi connectivity index (χ1n) is 11.8. The van der Waals surface area contributed by atoms with Crippen LogP contribution in [0, 0.1) is 5.92 Å². The number of rotatable bonds is 5. The van der Waals surface area contributed by atoms with Crippen LogP contribution < -0.4 is 25.8 Å². The largest absolute Gasteiger partial charge is 0.457 e. The van der Waals surface area contributed by atoms with E-state index in [1.54, 1.807) is 24.3 Å². The van der Waals surface area contributed by atoms with Crippen LogP contribution in [0.15, 0.2) is 59.4 Å². The van der Waals surface area contributed by atoms with Gasteiger partial charge in [-0.25, -0.2) is 0 Å². The molecule has 5 rings (SSSR count). The summed E-state index contributed by atoms with van der Waals surface area (Å²) >= 11 is 0. The quantitative estimate of drug-likeness (QED) is 0.518. The summed E-state index contributed by atoms with van der Waals surface area (Å²) in [4.78, 5) is 47.8. The zero-order valence-corrected chi connectivity index (χ0v) is 19.4. The van der Waals surface area contributed by atoms with Crippen molar-refractivity contribution in [2.45, 2.75) is 32.1 Å². The van der Waals surface area contributed by atoms with Crippen molar-refractivity contribution in [3.05, 3.63) is 70.5 Å². The number of hydrogen-bond acceptors (Lipinski definition) is 6. The highest BCUT2D eigenvalue weighted by Crippen LogP contribution is 2.31.